The molecule has 0 aliphatic heterocycles. The standard InChI is InChI=1S/C17H17ClO/c1-10-7-12(3)16(13(4)8-10)17(19)14-5-6-15(18)11(2)9-14/h5-9H,1-4H3. The van der Waals surface area contributed by atoms with Crippen molar-refractivity contribution < 1.29 is 4.79 Å². The lowest BCUT2D eigenvalue weighted by Crippen LogP contribution is -2.07. The summed E-state index contributed by atoms with van der Waals surface area (Å²) in [7, 11) is 0. The van der Waals surface area contributed by atoms with Gasteiger partial charge in [0.15, 0.2) is 5.78 Å². The van der Waals surface area contributed by atoms with Crippen molar-refractivity contribution in [2.24, 2.45) is 0 Å². The van der Waals surface area contributed by atoms with Crippen LogP contribution < -0.4 is 0 Å². The molecule has 0 atom stereocenters. The summed E-state index contributed by atoms with van der Waals surface area (Å²) >= 11 is 6.00. The van der Waals surface area contributed by atoms with Crippen molar-refractivity contribution in [3.05, 3.63) is 68.7 Å². The van der Waals surface area contributed by atoms with Gasteiger partial charge >= 0.3 is 0 Å². The molecule has 0 heterocycles. The Bertz CT molecular complexity index is 633. The maximum Gasteiger partial charge on any atom is 0.193 e. The van der Waals surface area contributed by atoms with Gasteiger partial charge in [-0.05, 0) is 62.6 Å². The summed E-state index contributed by atoms with van der Waals surface area (Å²) in [4.78, 5) is 12.6. The quantitative estimate of drug-likeness (QED) is 0.718. The molecule has 0 spiro atoms. The third-order valence-electron chi connectivity index (χ3n) is 3.32. The van der Waals surface area contributed by atoms with E-state index in [0.717, 1.165) is 22.3 Å². The smallest absolute Gasteiger partial charge is 0.193 e. The molecule has 0 saturated heterocycles. The first kappa shape index (κ1) is 13.8. The predicted octanol–water partition coefficient (Wildman–Crippen LogP) is 4.80. The van der Waals surface area contributed by atoms with E-state index in [4.69, 9.17) is 11.6 Å². The van der Waals surface area contributed by atoms with Crippen molar-refractivity contribution in [2.75, 3.05) is 0 Å². The minimum Gasteiger partial charge on any atom is -0.289 e. The number of carbonyl (C=O) groups excluding carboxylic acids is 1. The topological polar surface area (TPSA) is 17.1 Å². The Morgan fingerprint density at radius 2 is 1.47 bits per heavy atom. The van der Waals surface area contributed by atoms with Gasteiger partial charge in [-0.15, -0.1) is 0 Å². The van der Waals surface area contributed by atoms with Crippen LogP contribution in [0.2, 0.25) is 5.02 Å². The van der Waals surface area contributed by atoms with Gasteiger partial charge < -0.3 is 0 Å². The number of aryl methyl sites for hydroxylation is 4. The fourth-order valence-electron chi connectivity index (χ4n) is 2.47. The van der Waals surface area contributed by atoms with E-state index in [0.29, 0.717) is 10.6 Å². The molecule has 0 saturated carbocycles. The van der Waals surface area contributed by atoms with Gasteiger partial charge in [0.05, 0.1) is 0 Å². The Labute approximate surface area is 119 Å². The molecule has 19 heavy (non-hydrogen) atoms. The highest BCUT2D eigenvalue weighted by molar-refractivity contribution is 6.31. The lowest BCUT2D eigenvalue weighted by Gasteiger charge is -2.11. The maximum absolute atomic E-state index is 12.6. The van der Waals surface area contributed by atoms with Gasteiger partial charge in [-0.2, -0.15) is 0 Å². The van der Waals surface area contributed by atoms with Gasteiger partial charge in [-0.3, -0.25) is 4.79 Å². The van der Waals surface area contributed by atoms with Crippen LogP contribution in [0.5, 0.6) is 0 Å². The monoisotopic (exact) mass is 272 g/mol. The van der Waals surface area contributed by atoms with Crippen LogP contribution in [0.15, 0.2) is 30.3 Å². The summed E-state index contributed by atoms with van der Waals surface area (Å²) < 4.78 is 0. The number of halogens is 1. The molecule has 0 amide bonds. The molecule has 0 aliphatic carbocycles. The number of hydrogen-bond donors (Lipinski definition) is 0. The number of carbonyl (C=O) groups is 1. The molecule has 2 aromatic rings. The van der Waals surface area contributed by atoms with Gasteiger partial charge in [-0.25, -0.2) is 0 Å². The molecule has 0 aromatic heterocycles. The van der Waals surface area contributed by atoms with Crippen LogP contribution in [0.3, 0.4) is 0 Å². The Kier molecular flexibility index (Phi) is 3.77. The van der Waals surface area contributed by atoms with E-state index >= 15 is 0 Å². The zero-order valence-electron chi connectivity index (χ0n) is 11.7. The molecule has 0 fully saturated rings. The Hall–Kier alpha value is -1.60. The van der Waals surface area contributed by atoms with Crippen LogP contribution in [0, 0.1) is 27.7 Å². The first-order valence-electron chi connectivity index (χ1n) is 6.29. The molecule has 2 aromatic carbocycles. The van der Waals surface area contributed by atoms with Crippen LogP contribution in [0.4, 0.5) is 0 Å². The van der Waals surface area contributed by atoms with E-state index < -0.39 is 0 Å². The Morgan fingerprint density at radius 3 is 2.00 bits per heavy atom. The van der Waals surface area contributed by atoms with E-state index in [1.54, 1.807) is 12.1 Å². The zero-order valence-corrected chi connectivity index (χ0v) is 12.4. The van der Waals surface area contributed by atoms with Crippen LogP contribution >= 0.6 is 11.6 Å². The van der Waals surface area contributed by atoms with E-state index in [9.17, 15) is 4.79 Å². The van der Waals surface area contributed by atoms with Crippen molar-refractivity contribution in [2.45, 2.75) is 27.7 Å². The molecule has 2 rings (SSSR count). The summed E-state index contributed by atoms with van der Waals surface area (Å²) in [6.45, 7) is 7.92. The highest BCUT2D eigenvalue weighted by Gasteiger charge is 2.15. The average Bonchev–Trinajstić information content (AvgIpc) is 2.31. The van der Waals surface area contributed by atoms with E-state index in [1.807, 2.05) is 45.9 Å². The van der Waals surface area contributed by atoms with Crippen LogP contribution in [0.25, 0.3) is 0 Å². The number of benzene rings is 2. The fourth-order valence-corrected chi connectivity index (χ4v) is 2.59. The lowest BCUT2D eigenvalue weighted by molar-refractivity contribution is 0.103. The molecule has 98 valence electrons. The van der Waals surface area contributed by atoms with Crippen LogP contribution in [-0.4, -0.2) is 5.78 Å². The fraction of sp³-hybridized carbons (Fsp3) is 0.235. The highest BCUT2D eigenvalue weighted by Crippen LogP contribution is 2.23. The second-order valence-electron chi connectivity index (χ2n) is 5.07. The predicted molar refractivity (Wildman–Crippen MR) is 80.3 cm³/mol. The van der Waals surface area contributed by atoms with Gasteiger partial charge in [0.25, 0.3) is 0 Å². The minimum absolute atomic E-state index is 0.0646. The Balaban J connectivity index is 2.53. The third-order valence-corrected chi connectivity index (χ3v) is 3.75. The van der Waals surface area contributed by atoms with Gasteiger partial charge in [0.2, 0.25) is 0 Å². The van der Waals surface area contributed by atoms with E-state index in [-0.39, 0.29) is 5.78 Å². The van der Waals surface area contributed by atoms with Gasteiger partial charge in [0, 0.05) is 16.1 Å². The van der Waals surface area contributed by atoms with Crippen molar-refractivity contribution in [1.82, 2.24) is 0 Å². The summed E-state index contributed by atoms with van der Waals surface area (Å²) in [6.07, 6.45) is 0. The number of hydrogen-bond acceptors (Lipinski definition) is 1. The SMILES string of the molecule is Cc1cc(C)c(C(=O)c2ccc(Cl)c(C)c2)c(C)c1. The first-order chi connectivity index (χ1) is 8.90. The van der Waals surface area contributed by atoms with Gasteiger partial charge in [0.1, 0.15) is 0 Å². The van der Waals surface area contributed by atoms with Crippen molar-refractivity contribution in [3.63, 3.8) is 0 Å². The van der Waals surface area contributed by atoms with Crippen LogP contribution in [0.1, 0.15) is 38.2 Å². The van der Waals surface area contributed by atoms with Crippen LogP contribution in [-0.2, 0) is 0 Å². The lowest BCUT2D eigenvalue weighted by atomic mass is 9.93. The van der Waals surface area contributed by atoms with E-state index in [2.05, 4.69) is 0 Å². The second kappa shape index (κ2) is 5.18. The zero-order chi connectivity index (χ0) is 14.2. The second-order valence-corrected chi connectivity index (χ2v) is 5.47. The first-order valence-corrected chi connectivity index (χ1v) is 6.66. The molecule has 0 N–H and O–H groups in total. The number of ketones is 1. The van der Waals surface area contributed by atoms with Crippen molar-refractivity contribution in [3.8, 4) is 0 Å². The minimum atomic E-state index is 0.0646. The van der Waals surface area contributed by atoms with Crippen molar-refractivity contribution >= 4 is 17.4 Å². The normalized spacial score (nSPS) is 10.6. The molecule has 0 unspecified atom stereocenters. The maximum atomic E-state index is 12.6. The molecule has 0 bridgehead atoms. The molecule has 0 aliphatic rings. The van der Waals surface area contributed by atoms with Crippen molar-refractivity contribution in [1.29, 1.82) is 0 Å². The molecule has 2 heteroatoms. The highest BCUT2D eigenvalue weighted by atomic mass is 35.5. The summed E-state index contributed by atoms with van der Waals surface area (Å²) in [5, 5.41) is 0.689. The molecule has 0 radical (unpaired) electrons. The van der Waals surface area contributed by atoms with E-state index in [1.165, 1.54) is 5.56 Å². The summed E-state index contributed by atoms with van der Waals surface area (Å²) in [5.74, 6) is 0.0646. The largest absolute Gasteiger partial charge is 0.289 e. The molecular formula is C17H17ClO. The summed E-state index contributed by atoms with van der Waals surface area (Å²) in [5.41, 5.74) is 5.64. The molecule has 1 nitrogen and oxygen atoms in total. The Morgan fingerprint density at radius 1 is 0.895 bits per heavy atom. The average molecular weight is 273 g/mol. The summed E-state index contributed by atoms with van der Waals surface area (Å²) in [6, 6.07) is 9.51. The van der Waals surface area contributed by atoms with Gasteiger partial charge in [-0.1, -0.05) is 29.3 Å². The molecular weight excluding hydrogens is 256 g/mol. The third kappa shape index (κ3) is 2.71. The number of rotatable bonds is 2.